The maximum absolute atomic E-state index is 12.9. The smallest absolute Gasteiger partial charge is 0.309 e. The fourth-order valence-electron chi connectivity index (χ4n) is 12.2. The number of carboxylic acids is 2. The first-order chi connectivity index (χ1) is 18.9. The summed E-state index contributed by atoms with van der Waals surface area (Å²) in [5, 5.41) is 19.5. The quantitative estimate of drug-likeness (QED) is 0.312. The average Bonchev–Trinajstić information content (AvgIpc) is 2.85. The molecule has 0 heterocycles. The highest BCUT2D eigenvalue weighted by Gasteiger charge is 2.71. The molecule has 2 N–H and O–H groups in total. The molecule has 5 aliphatic rings. The van der Waals surface area contributed by atoms with Crippen LogP contribution in [0.15, 0.2) is 0 Å². The molecule has 232 valence electrons. The number of carbonyl (C=O) groups is 3. The summed E-state index contributed by atoms with van der Waals surface area (Å²) in [6.45, 7) is 17.0. The van der Waals surface area contributed by atoms with E-state index in [1.54, 1.807) is 0 Å². The third-order valence-corrected chi connectivity index (χ3v) is 14.7. The Morgan fingerprint density at radius 3 is 2.05 bits per heavy atom. The van der Waals surface area contributed by atoms with Gasteiger partial charge in [0.25, 0.3) is 0 Å². The highest BCUT2D eigenvalue weighted by atomic mass is 16.5. The molecule has 0 aromatic rings. The topological polar surface area (TPSA) is 101 Å². The molecule has 5 aliphatic carbocycles. The van der Waals surface area contributed by atoms with Gasteiger partial charge in [-0.05, 0) is 122 Å². The first-order valence-corrected chi connectivity index (χ1v) is 16.6. The molecule has 5 fully saturated rings. The van der Waals surface area contributed by atoms with Gasteiger partial charge in [-0.1, -0.05) is 48.5 Å². The van der Waals surface area contributed by atoms with Gasteiger partial charge in [-0.25, -0.2) is 0 Å². The molecular weight excluding hydrogens is 516 g/mol. The van der Waals surface area contributed by atoms with Crippen molar-refractivity contribution in [2.24, 2.45) is 56.2 Å². The summed E-state index contributed by atoms with van der Waals surface area (Å²) in [6.07, 6.45) is 11.6. The van der Waals surface area contributed by atoms with Crippen molar-refractivity contribution in [2.75, 3.05) is 0 Å². The predicted molar refractivity (Wildman–Crippen MR) is 158 cm³/mol. The van der Waals surface area contributed by atoms with Crippen molar-refractivity contribution in [1.82, 2.24) is 0 Å². The Kier molecular flexibility index (Phi) is 7.51. The van der Waals surface area contributed by atoms with E-state index in [0.29, 0.717) is 24.2 Å². The van der Waals surface area contributed by atoms with E-state index in [4.69, 9.17) is 9.84 Å². The fraction of sp³-hybridized carbons (Fsp3) is 0.914. The summed E-state index contributed by atoms with van der Waals surface area (Å²) in [7, 11) is 0. The first kappa shape index (κ1) is 30.9. The number of carbonyl (C=O) groups excluding carboxylic acids is 1. The second-order valence-electron chi connectivity index (χ2n) is 17.2. The van der Waals surface area contributed by atoms with Crippen LogP contribution in [-0.4, -0.2) is 34.2 Å². The van der Waals surface area contributed by atoms with Crippen LogP contribution in [0.4, 0.5) is 0 Å². The lowest BCUT2D eigenvalue weighted by molar-refractivity contribution is -0.256. The van der Waals surface area contributed by atoms with Gasteiger partial charge in [-0.3, -0.25) is 14.4 Å². The molecule has 5 saturated carbocycles. The molecule has 0 radical (unpaired) electrons. The number of hydrogen-bond acceptors (Lipinski definition) is 4. The summed E-state index contributed by atoms with van der Waals surface area (Å²) in [6, 6.07) is 0. The van der Waals surface area contributed by atoms with Gasteiger partial charge in [-0.15, -0.1) is 0 Å². The lowest BCUT2D eigenvalue weighted by Crippen LogP contribution is -2.67. The lowest BCUT2D eigenvalue weighted by Gasteiger charge is -2.73. The normalized spacial score (nSPS) is 46.2. The summed E-state index contributed by atoms with van der Waals surface area (Å²) in [5.74, 6) is 0.0771. The van der Waals surface area contributed by atoms with Crippen molar-refractivity contribution in [3.05, 3.63) is 0 Å². The van der Waals surface area contributed by atoms with Crippen LogP contribution < -0.4 is 0 Å². The van der Waals surface area contributed by atoms with Crippen molar-refractivity contribution >= 4 is 17.9 Å². The zero-order valence-corrected chi connectivity index (χ0v) is 26.8. The minimum absolute atomic E-state index is 0.00415. The third kappa shape index (κ3) is 4.58. The fourth-order valence-corrected chi connectivity index (χ4v) is 12.2. The molecule has 6 heteroatoms. The molecule has 0 aliphatic heterocycles. The number of aliphatic carboxylic acids is 2. The molecule has 0 unspecified atom stereocenters. The molecule has 0 aromatic heterocycles. The zero-order chi connectivity index (χ0) is 30.2. The van der Waals surface area contributed by atoms with E-state index in [-0.39, 0.29) is 57.9 Å². The highest BCUT2D eigenvalue weighted by molar-refractivity contribution is 5.75. The predicted octanol–water partition coefficient (Wildman–Crippen LogP) is 8.12. The number of ether oxygens (including phenoxy) is 1. The Hall–Kier alpha value is -1.59. The van der Waals surface area contributed by atoms with E-state index in [0.717, 1.165) is 64.2 Å². The van der Waals surface area contributed by atoms with Crippen LogP contribution in [0.2, 0.25) is 0 Å². The van der Waals surface area contributed by atoms with Crippen LogP contribution in [0.5, 0.6) is 0 Å². The van der Waals surface area contributed by atoms with Gasteiger partial charge >= 0.3 is 17.9 Å². The molecule has 0 saturated heterocycles. The molecule has 6 nitrogen and oxygen atoms in total. The molecule has 0 aromatic carbocycles. The Morgan fingerprint density at radius 1 is 0.707 bits per heavy atom. The molecule has 5 rings (SSSR count). The van der Waals surface area contributed by atoms with E-state index in [2.05, 4.69) is 48.5 Å². The number of fused-ring (bicyclic) bond motifs is 7. The Balaban J connectivity index is 1.39. The van der Waals surface area contributed by atoms with Crippen molar-refractivity contribution in [3.63, 3.8) is 0 Å². The molecule has 41 heavy (non-hydrogen) atoms. The van der Waals surface area contributed by atoms with Gasteiger partial charge in [0.15, 0.2) is 0 Å². The van der Waals surface area contributed by atoms with Gasteiger partial charge in [0.1, 0.15) is 6.10 Å². The standard InChI is InChI=1S/C35H56O6/c1-30(2)17-19-35(29(39)40)20-18-33(6)22(23(35)21-30)11-12-25-32(5)15-14-26(41-28(38)10-8-9-27(36)37)31(3,4)24(32)13-16-34(25,33)7/h22-26H,8-21H2,1-7H3,(H,36,37)(H,39,40)/t22-,23+,24+,25-,26+,32+,33-,34-,35+/m1/s1. The number of rotatable bonds is 6. The molecule has 0 amide bonds. The minimum atomic E-state index is -0.876. The van der Waals surface area contributed by atoms with E-state index in [9.17, 15) is 19.5 Å². The summed E-state index contributed by atoms with van der Waals surface area (Å²) >= 11 is 0. The molecular formula is C35H56O6. The van der Waals surface area contributed by atoms with E-state index in [1.165, 1.54) is 6.42 Å². The molecule has 0 spiro atoms. The Labute approximate surface area is 247 Å². The summed E-state index contributed by atoms with van der Waals surface area (Å²) in [5.41, 5.74) is -0.0195. The van der Waals surface area contributed by atoms with Gasteiger partial charge in [-0.2, -0.15) is 0 Å². The first-order valence-electron chi connectivity index (χ1n) is 16.6. The van der Waals surface area contributed by atoms with E-state index in [1.807, 2.05) is 0 Å². The maximum Gasteiger partial charge on any atom is 0.309 e. The Morgan fingerprint density at radius 2 is 1.39 bits per heavy atom. The van der Waals surface area contributed by atoms with Crippen molar-refractivity contribution in [1.29, 1.82) is 0 Å². The summed E-state index contributed by atoms with van der Waals surface area (Å²) in [4.78, 5) is 36.5. The molecule has 0 bridgehead atoms. The van der Waals surface area contributed by atoms with Crippen LogP contribution in [0.1, 0.15) is 138 Å². The second kappa shape index (κ2) is 9.97. The zero-order valence-electron chi connectivity index (χ0n) is 26.8. The average molecular weight is 573 g/mol. The SMILES string of the molecule is CC1(C)CC[C@]2(C(=O)O)CC[C@]3(C)[C@H](CC[C@@H]4[C@@]5(C)CC[C@H](OC(=O)CCCC(=O)O)C(C)(C)[C@@H]5CC[C@]43C)[C@@H]2C1. The Bertz CT molecular complexity index is 1080. The third-order valence-electron chi connectivity index (χ3n) is 14.7. The molecule has 9 atom stereocenters. The van der Waals surface area contributed by atoms with Crippen molar-refractivity contribution < 1.29 is 29.3 Å². The van der Waals surface area contributed by atoms with Crippen molar-refractivity contribution in [2.45, 2.75) is 144 Å². The number of carboxylic acid groups (broad SMARTS) is 2. The minimum Gasteiger partial charge on any atom is -0.481 e. The van der Waals surface area contributed by atoms with Crippen LogP contribution in [0.25, 0.3) is 0 Å². The van der Waals surface area contributed by atoms with Crippen LogP contribution >= 0.6 is 0 Å². The largest absolute Gasteiger partial charge is 0.481 e. The van der Waals surface area contributed by atoms with Crippen LogP contribution in [0.3, 0.4) is 0 Å². The van der Waals surface area contributed by atoms with Gasteiger partial charge in [0.05, 0.1) is 5.41 Å². The van der Waals surface area contributed by atoms with E-state index < -0.39 is 17.4 Å². The van der Waals surface area contributed by atoms with Crippen LogP contribution in [-0.2, 0) is 19.1 Å². The van der Waals surface area contributed by atoms with Gasteiger partial charge in [0.2, 0.25) is 0 Å². The monoisotopic (exact) mass is 572 g/mol. The maximum atomic E-state index is 12.9. The number of hydrogen-bond donors (Lipinski definition) is 2. The van der Waals surface area contributed by atoms with Crippen molar-refractivity contribution in [3.8, 4) is 0 Å². The van der Waals surface area contributed by atoms with Crippen LogP contribution in [0, 0.1) is 56.2 Å². The van der Waals surface area contributed by atoms with Gasteiger partial charge < -0.3 is 14.9 Å². The summed E-state index contributed by atoms with van der Waals surface area (Å²) < 4.78 is 6.07. The number of esters is 1. The lowest BCUT2D eigenvalue weighted by atomic mass is 9.31. The van der Waals surface area contributed by atoms with E-state index >= 15 is 0 Å². The van der Waals surface area contributed by atoms with Gasteiger partial charge in [0, 0.05) is 18.3 Å². The second-order valence-corrected chi connectivity index (χ2v) is 17.2. The highest BCUT2D eigenvalue weighted by Crippen LogP contribution is 2.77.